The molecule has 0 aromatic heterocycles. The molecule has 0 unspecified atom stereocenters. The Hall–Kier alpha value is -0.540. The zero-order chi connectivity index (χ0) is 10.3. The molecule has 2 rings (SSSR count). The number of hydrogen-bond acceptors (Lipinski definition) is 2. The van der Waals surface area contributed by atoms with Gasteiger partial charge in [-0.3, -0.25) is 0 Å². The zero-order valence-electron chi connectivity index (χ0n) is 7.84. The van der Waals surface area contributed by atoms with Crippen LogP contribution in [0.2, 0.25) is 0 Å². The highest BCUT2D eigenvalue weighted by Crippen LogP contribution is 2.33. The third-order valence-electron chi connectivity index (χ3n) is 1.89. The number of benzene rings is 1. The highest BCUT2D eigenvalue weighted by Gasteiger charge is 2.27. The first-order chi connectivity index (χ1) is 6.48. The largest absolute Gasteiger partial charge is 0.466 e. The number of aliphatic imine (C=N–C) groups is 1. The summed E-state index contributed by atoms with van der Waals surface area (Å²) >= 11 is 9.42. The van der Waals surface area contributed by atoms with Crippen LogP contribution in [0.25, 0.3) is 0 Å². The van der Waals surface area contributed by atoms with Crippen molar-refractivity contribution >= 4 is 32.7 Å². The summed E-state index contributed by atoms with van der Waals surface area (Å²) in [5, 5.41) is 0.503. The van der Waals surface area contributed by atoms with Crippen molar-refractivity contribution in [1.82, 2.24) is 0 Å². The van der Waals surface area contributed by atoms with Crippen LogP contribution in [0.15, 0.2) is 27.7 Å². The summed E-state index contributed by atoms with van der Waals surface area (Å²) in [7, 11) is 0. The maximum atomic E-state index is 6.04. The maximum absolute atomic E-state index is 6.04. The lowest BCUT2D eigenvalue weighted by atomic mass is 10.1. The van der Waals surface area contributed by atoms with Crippen LogP contribution in [0.5, 0.6) is 5.75 Å². The first kappa shape index (κ1) is 9.99. The standard InChI is InChI=1S/C10H9BrClNO/c1-10(2)13-9(12)7-4-3-6(11)5-8(7)14-10/h3-5H,1-2H3. The molecule has 0 saturated heterocycles. The average molecular weight is 275 g/mol. The minimum atomic E-state index is -0.578. The summed E-state index contributed by atoms with van der Waals surface area (Å²) in [5.41, 5.74) is 0.263. The van der Waals surface area contributed by atoms with E-state index < -0.39 is 5.72 Å². The molecule has 2 nitrogen and oxygen atoms in total. The Kier molecular flexibility index (Phi) is 2.32. The fourth-order valence-corrected chi connectivity index (χ4v) is 2.04. The second-order valence-corrected chi connectivity index (χ2v) is 4.87. The molecular formula is C10H9BrClNO. The van der Waals surface area contributed by atoms with Gasteiger partial charge in [-0.2, -0.15) is 0 Å². The summed E-state index contributed by atoms with van der Waals surface area (Å²) in [6.07, 6.45) is 0. The molecule has 0 fully saturated rings. The first-order valence-electron chi connectivity index (χ1n) is 4.22. The van der Waals surface area contributed by atoms with Crippen LogP contribution in [0, 0.1) is 0 Å². The third kappa shape index (κ3) is 1.79. The van der Waals surface area contributed by atoms with Gasteiger partial charge in [-0.05, 0) is 32.0 Å². The first-order valence-corrected chi connectivity index (χ1v) is 5.39. The van der Waals surface area contributed by atoms with E-state index in [2.05, 4.69) is 20.9 Å². The molecule has 1 aliphatic heterocycles. The molecule has 1 heterocycles. The Morgan fingerprint density at radius 3 is 2.86 bits per heavy atom. The van der Waals surface area contributed by atoms with Crippen molar-refractivity contribution in [1.29, 1.82) is 0 Å². The predicted octanol–water partition coefficient (Wildman–Crippen LogP) is 3.56. The fraction of sp³-hybridized carbons (Fsp3) is 0.300. The van der Waals surface area contributed by atoms with Crippen molar-refractivity contribution in [3.8, 4) is 5.75 Å². The Balaban J connectivity index is 2.56. The van der Waals surface area contributed by atoms with E-state index in [1.807, 2.05) is 32.0 Å². The molecule has 0 spiro atoms. The van der Waals surface area contributed by atoms with E-state index in [0.29, 0.717) is 5.17 Å². The highest BCUT2D eigenvalue weighted by atomic mass is 79.9. The van der Waals surface area contributed by atoms with E-state index in [-0.39, 0.29) is 0 Å². The fourth-order valence-electron chi connectivity index (χ4n) is 1.34. The summed E-state index contributed by atoms with van der Waals surface area (Å²) in [6.45, 7) is 3.75. The van der Waals surface area contributed by atoms with Crippen molar-refractivity contribution in [3.63, 3.8) is 0 Å². The van der Waals surface area contributed by atoms with Crippen LogP contribution < -0.4 is 4.74 Å². The Morgan fingerprint density at radius 2 is 2.14 bits per heavy atom. The van der Waals surface area contributed by atoms with Gasteiger partial charge in [0.15, 0.2) is 5.72 Å². The molecule has 4 heteroatoms. The Labute approximate surface area is 96.1 Å². The number of hydrogen-bond donors (Lipinski definition) is 0. The Morgan fingerprint density at radius 1 is 1.43 bits per heavy atom. The minimum absolute atomic E-state index is 0.503. The van der Waals surface area contributed by atoms with Crippen molar-refractivity contribution in [3.05, 3.63) is 28.2 Å². The molecule has 0 amide bonds. The van der Waals surface area contributed by atoms with Crippen LogP contribution in [-0.4, -0.2) is 10.9 Å². The summed E-state index contributed by atoms with van der Waals surface area (Å²) in [5.74, 6) is 0.768. The molecule has 0 N–H and O–H groups in total. The van der Waals surface area contributed by atoms with Crippen LogP contribution in [-0.2, 0) is 0 Å². The van der Waals surface area contributed by atoms with E-state index in [1.165, 1.54) is 0 Å². The molecule has 1 aromatic carbocycles. The van der Waals surface area contributed by atoms with E-state index in [9.17, 15) is 0 Å². The van der Waals surface area contributed by atoms with Crippen LogP contribution in [0.1, 0.15) is 19.4 Å². The summed E-state index contributed by atoms with van der Waals surface area (Å²) < 4.78 is 6.64. The van der Waals surface area contributed by atoms with Gasteiger partial charge in [0.25, 0.3) is 0 Å². The topological polar surface area (TPSA) is 21.6 Å². The van der Waals surface area contributed by atoms with Crippen molar-refractivity contribution in [2.24, 2.45) is 4.99 Å². The molecule has 74 valence electrons. The third-order valence-corrected chi connectivity index (χ3v) is 2.67. The van der Waals surface area contributed by atoms with Crippen molar-refractivity contribution < 1.29 is 4.74 Å². The second-order valence-electron chi connectivity index (χ2n) is 3.59. The lowest BCUT2D eigenvalue weighted by molar-refractivity contribution is 0.116. The Bertz CT molecular complexity index is 415. The van der Waals surface area contributed by atoms with E-state index in [1.54, 1.807) is 0 Å². The molecule has 0 saturated carbocycles. The van der Waals surface area contributed by atoms with E-state index in [4.69, 9.17) is 16.3 Å². The number of ether oxygens (including phenoxy) is 1. The van der Waals surface area contributed by atoms with Crippen LogP contribution >= 0.6 is 27.5 Å². The number of fused-ring (bicyclic) bond motifs is 1. The molecule has 0 radical (unpaired) electrons. The monoisotopic (exact) mass is 273 g/mol. The van der Waals surface area contributed by atoms with Crippen molar-refractivity contribution in [2.75, 3.05) is 0 Å². The van der Waals surface area contributed by atoms with Crippen molar-refractivity contribution in [2.45, 2.75) is 19.6 Å². The van der Waals surface area contributed by atoms with Gasteiger partial charge in [-0.15, -0.1) is 0 Å². The maximum Gasteiger partial charge on any atom is 0.196 e. The summed E-state index contributed by atoms with van der Waals surface area (Å²) in [6, 6.07) is 5.70. The van der Waals surface area contributed by atoms with Crippen LogP contribution in [0.4, 0.5) is 0 Å². The van der Waals surface area contributed by atoms with Gasteiger partial charge < -0.3 is 4.74 Å². The van der Waals surface area contributed by atoms with E-state index in [0.717, 1.165) is 15.8 Å². The quantitative estimate of drug-likeness (QED) is 0.709. The molecule has 1 aliphatic rings. The normalized spacial score (nSPS) is 18.1. The summed E-state index contributed by atoms with van der Waals surface area (Å²) in [4.78, 5) is 4.23. The van der Waals surface area contributed by atoms with Gasteiger partial charge in [0.05, 0.1) is 5.56 Å². The van der Waals surface area contributed by atoms with Crippen LogP contribution in [0.3, 0.4) is 0 Å². The number of halogens is 2. The number of nitrogens with zero attached hydrogens (tertiary/aromatic N) is 1. The molecule has 0 bridgehead atoms. The molecule has 0 aliphatic carbocycles. The lowest BCUT2D eigenvalue weighted by Gasteiger charge is -2.28. The average Bonchev–Trinajstić information content (AvgIpc) is 2.00. The van der Waals surface area contributed by atoms with E-state index >= 15 is 0 Å². The van der Waals surface area contributed by atoms with Gasteiger partial charge in [0, 0.05) is 4.47 Å². The van der Waals surface area contributed by atoms with Gasteiger partial charge in [0.1, 0.15) is 10.9 Å². The molecular weight excluding hydrogens is 265 g/mol. The number of rotatable bonds is 0. The SMILES string of the molecule is CC1(C)N=C(Cl)c2ccc(Br)cc2O1. The van der Waals surface area contributed by atoms with Gasteiger partial charge in [-0.25, -0.2) is 4.99 Å². The molecule has 14 heavy (non-hydrogen) atoms. The van der Waals surface area contributed by atoms with Gasteiger partial charge >= 0.3 is 0 Å². The van der Waals surface area contributed by atoms with Gasteiger partial charge in [0.2, 0.25) is 0 Å². The molecule has 0 atom stereocenters. The predicted molar refractivity (Wildman–Crippen MR) is 61.2 cm³/mol. The molecule has 1 aromatic rings. The minimum Gasteiger partial charge on any atom is -0.466 e. The highest BCUT2D eigenvalue weighted by molar-refractivity contribution is 9.10. The lowest BCUT2D eigenvalue weighted by Crippen LogP contribution is -2.30. The zero-order valence-corrected chi connectivity index (χ0v) is 10.2. The second kappa shape index (κ2) is 3.24. The smallest absolute Gasteiger partial charge is 0.196 e. The van der Waals surface area contributed by atoms with Gasteiger partial charge in [-0.1, -0.05) is 27.5 Å².